The smallest absolute Gasteiger partial charge is 0.318 e. The summed E-state index contributed by atoms with van der Waals surface area (Å²) in [5, 5.41) is 1.19. The highest BCUT2D eigenvalue weighted by Gasteiger charge is 2.25. The topological polar surface area (TPSA) is 72.2 Å². The first-order chi connectivity index (χ1) is 8.81. The maximum absolute atomic E-state index is 13.5. The van der Waals surface area contributed by atoms with Gasteiger partial charge in [0.2, 0.25) is 5.91 Å². The third-order valence-corrected chi connectivity index (χ3v) is 3.84. The van der Waals surface area contributed by atoms with Gasteiger partial charge >= 0.3 is 6.03 Å². The van der Waals surface area contributed by atoms with Gasteiger partial charge in [0.1, 0.15) is 11.6 Å². The number of amides is 3. The number of thioether (sulfide) groups is 1. The summed E-state index contributed by atoms with van der Waals surface area (Å²) in [6.07, 6.45) is 0. The number of rotatable bonds is 4. The summed E-state index contributed by atoms with van der Waals surface area (Å²) in [4.78, 5) is 22.4. The number of nitrogens with one attached hydrogen (secondary N) is 1. The standard InChI is InChI=1S/C12H14F2N2O2S/c1-6(2)10(11(17)16-12(15)18)19-9-5-7(13)3-4-8(9)14/h3-6,10H,1-2H3,(H3,15,16,17,18). The van der Waals surface area contributed by atoms with Gasteiger partial charge < -0.3 is 5.73 Å². The number of carbonyl (C=O) groups is 2. The van der Waals surface area contributed by atoms with E-state index in [0.717, 1.165) is 30.0 Å². The van der Waals surface area contributed by atoms with Gasteiger partial charge in [0.25, 0.3) is 0 Å². The van der Waals surface area contributed by atoms with Gasteiger partial charge in [0, 0.05) is 4.90 Å². The second-order valence-corrected chi connectivity index (χ2v) is 5.39. The Kier molecular flexibility index (Phi) is 5.29. The quantitative estimate of drug-likeness (QED) is 0.835. The minimum absolute atomic E-state index is 0.0123. The summed E-state index contributed by atoms with van der Waals surface area (Å²) in [7, 11) is 0. The lowest BCUT2D eigenvalue weighted by Crippen LogP contribution is -2.42. The predicted octanol–water partition coefficient (Wildman–Crippen LogP) is 2.28. The van der Waals surface area contributed by atoms with Gasteiger partial charge in [-0.15, -0.1) is 11.8 Å². The van der Waals surface area contributed by atoms with E-state index in [1.165, 1.54) is 0 Å². The van der Waals surface area contributed by atoms with E-state index in [2.05, 4.69) is 0 Å². The van der Waals surface area contributed by atoms with Gasteiger partial charge in [-0.25, -0.2) is 13.6 Å². The van der Waals surface area contributed by atoms with E-state index in [0.29, 0.717) is 0 Å². The zero-order chi connectivity index (χ0) is 14.6. The number of hydrogen-bond acceptors (Lipinski definition) is 3. The number of urea groups is 1. The summed E-state index contributed by atoms with van der Waals surface area (Å²) >= 11 is 0.853. The second-order valence-electron chi connectivity index (χ2n) is 4.21. The van der Waals surface area contributed by atoms with Crippen molar-refractivity contribution >= 4 is 23.7 Å². The van der Waals surface area contributed by atoms with Crippen LogP contribution in [0, 0.1) is 17.6 Å². The van der Waals surface area contributed by atoms with Crippen LogP contribution in [0.4, 0.5) is 13.6 Å². The fraction of sp³-hybridized carbons (Fsp3) is 0.333. The Morgan fingerprint density at radius 3 is 2.47 bits per heavy atom. The van der Waals surface area contributed by atoms with Crippen LogP contribution >= 0.6 is 11.8 Å². The highest BCUT2D eigenvalue weighted by Crippen LogP contribution is 2.30. The largest absolute Gasteiger partial charge is 0.351 e. The molecule has 0 bridgehead atoms. The lowest BCUT2D eigenvalue weighted by atomic mass is 10.1. The minimum atomic E-state index is -0.976. The first-order valence-electron chi connectivity index (χ1n) is 5.53. The van der Waals surface area contributed by atoms with Crippen molar-refractivity contribution in [2.24, 2.45) is 11.7 Å². The van der Waals surface area contributed by atoms with Crippen LogP contribution in [-0.2, 0) is 4.79 Å². The Labute approximate surface area is 113 Å². The molecule has 3 N–H and O–H groups in total. The van der Waals surface area contributed by atoms with Crippen LogP contribution in [0.15, 0.2) is 23.1 Å². The highest BCUT2D eigenvalue weighted by molar-refractivity contribution is 8.00. The van der Waals surface area contributed by atoms with Crippen molar-refractivity contribution in [1.29, 1.82) is 0 Å². The molecule has 0 fully saturated rings. The normalized spacial score (nSPS) is 12.3. The predicted molar refractivity (Wildman–Crippen MR) is 68.6 cm³/mol. The molecule has 0 aliphatic heterocycles. The molecule has 0 radical (unpaired) electrons. The third kappa shape index (κ3) is 4.51. The van der Waals surface area contributed by atoms with E-state index in [4.69, 9.17) is 5.73 Å². The number of halogens is 2. The van der Waals surface area contributed by atoms with Crippen molar-refractivity contribution in [3.63, 3.8) is 0 Å². The van der Waals surface area contributed by atoms with Gasteiger partial charge in [-0.2, -0.15) is 0 Å². The van der Waals surface area contributed by atoms with Crippen LogP contribution in [0.1, 0.15) is 13.8 Å². The molecule has 1 atom stereocenters. The van der Waals surface area contributed by atoms with Crippen molar-refractivity contribution in [1.82, 2.24) is 5.32 Å². The van der Waals surface area contributed by atoms with E-state index >= 15 is 0 Å². The Hall–Kier alpha value is -1.63. The minimum Gasteiger partial charge on any atom is -0.351 e. The van der Waals surface area contributed by atoms with Gasteiger partial charge in [0.15, 0.2) is 0 Å². The number of imide groups is 1. The Bertz CT molecular complexity index is 495. The van der Waals surface area contributed by atoms with Crippen LogP contribution in [0.3, 0.4) is 0 Å². The SMILES string of the molecule is CC(C)C(Sc1cc(F)ccc1F)C(=O)NC(N)=O. The molecule has 0 spiro atoms. The van der Waals surface area contributed by atoms with E-state index in [-0.39, 0.29) is 10.8 Å². The molecule has 3 amide bonds. The number of benzene rings is 1. The molecule has 4 nitrogen and oxygen atoms in total. The molecule has 104 valence electrons. The third-order valence-electron chi connectivity index (χ3n) is 2.26. The van der Waals surface area contributed by atoms with Crippen molar-refractivity contribution in [2.75, 3.05) is 0 Å². The molecule has 0 saturated heterocycles. The van der Waals surface area contributed by atoms with Crippen molar-refractivity contribution in [3.05, 3.63) is 29.8 Å². The van der Waals surface area contributed by atoms with Crippen LogP contribution in [-0.4, -0.2) is 17.2 Å². The summed E-state index contributed by atoms with van der Waals surface area (Å²) in [5.74, 6) is -2.03. The number of carbonyl (C=O) groups excluding carboxylic acids is 2. The maximum atomic E-state index is 13.5. The van der Waals surface area contributed by atoms with Gasteiger partial charge in [-0.05, 0) is 24.1 Å². The summed E-state index contributed by atoms with van der Waals surface area (Å²) in [6.45, 7) is 3.46. The van der Waals surface area contributed by atoms with Gasteiger partial charge in [-0.1, -0.05) is 13.8 Å². The van der Waals surface area contributed by atoms with Crippen molar-refractivity contribution < 1.29 is 18.4 Å². The molecule has 1 aromatic rings. The van der Waals surface area contributed by atoms with Crippen molar-refractivity contribution in [2.45, 2.75) is 24.0 Å². The molecule has 0 aliphatic rings. The van der Waals surface area contributed by atoms with E-state index in [9.17, 15) is 18.4 Å². The number of primary amides is 1. The first kappa shape index (κ1) is 15.4. The van der Waals surface area contributed by atoms with E-state index in [1.807, 2.05) is 5.32 Å². The Morgan fingerprint density at radius 1 is 1.32 bits per heavy atom. The molecule has 1 rings (SSSR count). The van der Waals surface area contributed by atoms with Crippen LogP contribution < -0.4 is 11.1 Å². The summed E-state index contributed by atoms with van der Waals surface area (Å²) in [5.41, 5.74) is 4.86. The Morgan fingerprint density at radius 2 is 1.95 bits per heavy atom. The van der Waals surface area contributed by atoms with E-state index < -0.39 is 28.8 Å². The zero-order valence-electron chi connectivity index (χ0n) is 10.4. The number of nitrogens with two attached hydrogens (primary N) is 1. The fourth-order valence-electron chi connectivity index (χ4n) is 1.39. The average molecular weight is 288 g/mol. The molecule has 7 heteroatoms. The van der Waals surface area contributed by atoms with Crippen LogP contribution in [0.25, 0.3) is 0 Å². The summed E-state index contributed by atoms with van der Waals surface area (Å²) < 4.78 is 26.6. The average Bonchev–Trinajstić information content (AvgIpc) is 2.28. The highest BCUT2D eigenvalue weighted by atomic mass is 32.2. The molecule has 1 aromatic carbocycles. The van der Waals surface area contributed by atoms with E-state index in [1.54, 1.807) is 13.8 Å². The maximum Gasteiger partial charge on any atom is 0.318 e. The molecule has 0 aromatic heterocycles. The lowest BCUT2D eigenvalue weighted by molar-refractivity contribution is -0.120. The molecule has 0 heterocycles. The summed E-state index contributed by atoms with van der Waals surface area (Å²) in [6, 6.07) is 2.01. The van der Waals surface area contributed by atoms with Crippen molar-refractivity contribution in [3.8, 4) is 0 Å². The van der Waals surface area contributed by atoms with Gasteiger partial charge in [0.05, 0.1) is 5.25 Å². The molecular formula is C12H14F2N2O2S. The second kappa shape index (κ2) is 6.51. The monoisotopic (exact) mass is 288 g/mol. The van der Waals surface area contributed by atoms with Crippen LogP contribution in [0.5, 0.6) is 0 Å². The van der Waals surface area contributed by atoms with Crippen LogP contribution in [0.2, 0.25) is 0 Å². The van der Waals surface area contributed by atoms with Gasteiger partial charge in [-0.3, -0.25) is 10.1 Å². The molecule has 1 unspecified atom stereocenters. The molecule has 19 heavy (non-hydrogen) atoms. The fourth-order valence-corrected chi connectivity index (χ4v) is 2.46. The molecule has 0 saturated carbocycles. The molecule has 0 aliphatic carbocycles. The number of hydrogen-bond donors (Lipinski definition) is 2. The lowest BCUT2D eigenvalue weighted by Gasteiger charge is -2.19. The first-order valence-corrected chi connectivity index (χ1v) is 6.41. The molecular weight excluding hydrogens is 274 g/mol. The zero-order valence-corrected chi connectivity index (χ0v) is 11.3. The Balaban J connectivity index is 2.92.